The third-order valence-electron chi connectivity index (χ3n) is 3.08. The molecule has 18 heavy (non-hydrogen) atoms. The molecule has 1 unspecified atom stereocenters. The smallest absolute Gasteiger partial charge is 0.151 e. The maximum atomic E-state index is 5.63. The van der Waals surface area contributed by atoms with Gasteiger partial charge in [-0.3, -0.25) is 4.90 Å². The van der Waals surface area contributed by atoms with Crippen molar-refractivity contribution in [2.45, 2.75) is 39.5 Å². The fourth-order valence-corrected chi connectivity index (χ4v) is 2.21. The molecule has 0 radical (unpaired) electrons. The lowest BCUT2D eigenvalue weighted by Crippen LogP contribution is -2.29. The molecule has 1 fully saturated rings. The van der Waals surface area contributed by atoms with Crippen molar-refractivity contribution >= 4 is 0 Å². The first-order valence-corrected chi connectivity index (χ1v) is 6.77. The zero-order valence-corrected chi connectivity index (χ0v) is 11.3. The molecule has 102 valence electrons. The van der Waals surface area contributed by atoms with Crippen LogP contribution in [-0.2, 0) is 17.8 Å². The Morgan fingerprint density at radius 2 is 2.44 bits per heavy atom. The maximum Gasteiger partial charge on any atom is 0.151 e. The van der Waals surface area contributed by atoms with E-state index in [-0.39, 0.29) is 0 Å². The first-order chi connectivity index (χ1) is 8.78. The lowest BCUT2D eigenvalue weighted by Gasteiger charge is -2.19. The lowest BCUT2D eigenvalue weighted by molar-refractivity contribution is 0.0655. The minimum Gasteiger partial charge on any atom is -0.377 e. The summed E-state index contributed by atoms with van der Waals surface area (Å²) in [6.07, 6.45) is 1.39. The summed E-state index contributed by atoms with van der Waals surface area (Å²) in [5.41, 5.74) is 0.978. The largest absolute Gasteiger partial charge is 0.377 e. The zero-order chi connectivity index (χ0) is 12.8. The van der Waals surface area contributed by atoms with Crippen LogP contribution >= 0.6 is 0 Å². The Morgan fingerprint density at radius 1 is 1.56 bits per heavy atom. The molecule has 1 aliphatic rings. The van der Waals surface area contributed by atoms with Crippen LogP contribution in [0.4, 0.5) is 0 Å². The molecule has 2 rings (SSSR count). The summed E-state index contributed by atoms with van der Waals surface area (Å²) in [7, 11) is 0. The van der Waals surface area contributed by atoms with Gasteiger partial charge in [0.05, 0.1) is 18.3 Å². The van der Waals surface area contributed by atoms with Crippen LogP contribution in [0.15, 0.2) is 10.6 Å². The summed E-state index contributed by atoms with van der Waals surface area (Å²) < 4.78 is 11.0. The molecule has 5 nitrogen and oxygen atoms in total. The molecule has 0 amide bonds. The highest BCUT2D eigenvalue weighted by Crippen LogP contribution is 2.11. The summed E-state index contributed by atoms with van der Waals surface area (Å²) in [6.45, 7) is 9.64. The number of nitrogens with one attached hydrogen (secondary N) is 1. The van der Waals surface area contributed by atoms with Gasteiger partial charge in [-0.2, -0.15) is 0 Å². The first kappa shape index (κ1) is 13.5. The average molecular weight is 253 g/mol. The van der Waals surface area contributed by atoms with E-state index in [0.717, 1.165) is 57.2 Å². The molecule has 0 aliphatic carbocycles. The Kier molecular flexibility index (Phi) is 5.16. The standard InChI is InChI=1S/C13H23N3O2/c1-3-14-8-12-7-13(18-15-12)10-16-5-4-6-17-11(2)9-16/h7,11,14H,3-6,8-10H2,1-2H3. The van der Waals surface area contributed by atoms with E-state index in [1.807, 2.05) is 6.07 Å². The fraction of sp³-hybridized carbons (Fsp3) is 0.769. The Hall–Kier alpha value is -0.910. The van der Waals surface area contributed by atoms with Gasteiger partial charge in [0, 0.05) is 32.3 Å². The van der Waals surface area contributed by atoms with Gasteiger partial charge in [-0.1, -0.05) is 12.1 Å². The van der Waals surface area contributed by atoms with Crippen LogP contribution in [0.25, 0.3) is 0 Å². The summed E-state index contributed by atoms with van der Waals surface area (Å²) in [6, 6.07) is 2.04. The second kappa shape index (κ2) is 6.87. The highest BCUT2D eigenvalue weighted by Gasteiger charge is 2.16. The number of aromatic nitrogens is 1. The molecule has 0 aromatic carbocycles. The predicted octanol–water partition coefficient (Wildman–Crippen LogP) is 1.39. The molecule has 2 heterocycles. The van der Waals surface area contributed by atoms with Gasteiger partial charge >= 0.3 is 0 Å². The number of nitrogens with zero attached hydrogens (tertiary/aromatic N) is 2. The Morgan fingerprint density at radius 3 is 3.28 bits per heavy atom. The van der Waals surface area contributed by atoms with E-state index in [9.17, 15) is 0 Å². The predicted molar refractivity (Wildman–Crippen MR) is 69.2 cm³/mol. The topological polar surface area (TPSA) is 50.5 Å². The summed E-state index contributed by atoms with van der Waals surface area (Å²) in [4.78, 5) is 2.37. The normalized spacial score (nSPS) is 22.0. The van der Waals surface area contributed by atoms with E-state index in [1.54, 1.807) is 0 Å². The molecule has 1 aliphatic heterocycles. The quantitative estimate of drug-likeness (QED) is 0.859. The van der Waals surface area contributed by atoms with Gasteiger partial charge in [-0.05, 0) is 19.9 Å². The van der Waals surface area contributed by atoms with Crippen LogP contribution in [0.2, 0.25) is 0 Å². The highest BCUT2D eigenvalue weighted by atomic mass is 16.5. The molecule has 0 saturated carbocycles. The van der Waals surface area contributed by atoms with Crippen molar-refractivity contribution in [3.63, 3.8) is 0 Å². The van der Waals surface area contributed by atoms with Crippen LogP contribution in [0, 0.1) is 0 Å². The van der Waals surface area contributed by atoms with Crippen molar-refractivity contribution in [1.82, 2.24) is 15.4 Å². The third-order valence-corrected chi connectivity index (χ3v) is 3.08. The van der Waals surface area contributed by atoms with Crippen LogP contribution in [0.1, 0.15) is 31.7 Å². The van der Waals surface area contributed by atoms with Crippen molar-refractivity contribution in [1.29, 1.82) is 0 Å². The molecule has 5 heteroatoms. The van der Waals surface area contributed by atoms with Crippen molar-refractivity contribution < 1.29 is 9.26 Å². The Balaban J connectivity index is 1.85. The van der Waals surface area contributed by atoms with Crippen LogP contribution in [-0.4, -0.2) is 42.4 Å². The van der Waals surface area contributed by atoms with E-state index < -0.39 is 0 Å². The molecule has 0 spiro atoms. The molecule has 1 aromatic rings. The molecule has 1 N–H and O–H groups in total. The van der Waals surface area contributed by atoms with Gasteiger partial charge in [0.2, 0.25) is 0 Å². The molecule has 0 bridgehead atoms. The van der Waals surface area contributed by atoms with Crippen molar-refractivity contribution in [2.75, 3.05) is 26.2 Å². The zero-order valence-electron chi connectivity index (χ0n) is 11.3. The number of rotatable bonds is 5. The van der Waals surface area contributed by atoms with Crippen LogP contribution in [0.3, 0.4) is 0 Å². The van der Waals surface area contributed by atoms with E-state index in [1.165, 1.54) is 0 Å². The number of hydrogen-bond donors (Lipinski definition) is 1. The van der Waals surface area contributed by atoms with Crippen molar-refractivity contribution in [2.24, 2.45) is 0 Å². The van der Waals surface area contributed by atoms with Gasteiger partial charge < -0.3 is 14.6 Å². The average Bonchev–Trinajstić information content (AvgIpc) is 2.69. The van der Waals surface area contributed by atoms with Gasteiger partial charge in [-0.25, -0.2) is 0 Å². The second-order valence-electron chi connectivity index (χ2n) is 4.83. The summed E-state index contributed by atoms with van der Waals surface area (Å²) in [5, 5.41) is 7.31. The summed E-state index contributed by atoms with van der Waals surface area (Å²) in [5.74, 6) is 0.942. The number of ether oxygens (including phenoxy) is 1. The van der Waals surface area contributed by atoms with Crippen LogP contribution < -0.4 is 5.32 Å². The van der Waals surface area contributed by atoms with E-state index in [0.29, 0.717) is 6.10 Å². The molecule has 1 atom stereocenters. The second-order valence-corrected chi connectivity index (χ2v) is 4.83. The molecular formula is C13H23N3O2. The first-order valence-electron chi connectivity index (χ1n) is 6.77. The van der Waals surface area contributed by atoms with Gasteiger partial charge in [-0.15, -0.1) is 0 Å². The van der Waals surface area contributed by atoms with E-state index in [4.69, 9.17) is 9.26 Å². The van der Waals surface area contributed by atoms with Gasteiger partial charge in [0.15, 0.2) is 5.76 Å². The summed E-state index contributed by atoms with van der Waals surface area (Å²) >= 11 is 0. The molecular weight excluding hydrogens is 230 g/mol. The fourth-order valence-electron chi connectivity index (χ4n) is 2.21. The van der Waals surface area contributed by atoms with Gasteiger partial charge in [0.1, 0.15) is 0 Å². The van der Waals surface area contributed by atoms with E-state index >= 15 is 0 Å². The Labute approximate surface area is 108 Å². The third kappa shape index (κ3) is 4.08. The van der Waals surface area contributed by atoms with Crippen molar-refractivity contribution in [3.8, 4) is 0 Å². The SMILES string of the molecule is CCNCc1cc(CN2CCCOC(C)C2)on1. The van der Waals surface area contributed by atoms with E-state index in [2.05, 4.69) is 29.2 Å². The molecule has 1 aromatic heterocycles. The Bertz CT molecular complexity index is 354. The maximum absolute atomic E-state index is 5.63. The highest BCUT2D eigenvalue weighted by molar-refractivity contribution is 5.05. The minimum atomic E-state index is 0.302. The van der Waals surface area contributed by atoms with Gasteiger partial charge in [0.25, 0.3) is 0 Å². The number of hydrogen-bond acceptors (Lipinski definition) is 5. The van der Waals surface area contributed by atoms with Crippen molar-refractivity contribution in [3.05, 3.63) is 17.5 Å². The monoisotopic (exact) mass is 253 g/mol. The minimum absolute atomic E-state index is 0.302. The lowest BCUT2D eigenvalue weighted by atomic mass is 10.3. The molecule has 1 saturated heterocycles. The van der Waals surface area contributed by atoms with Crippen LogP contribution in [0.5, 0.6) is 0 Å².